The van der Waals surface area contributed by atoms with Crippen molar-refractivity contribution in [2.24, 2.45) is 0 Å². The summed E-state index contributed by atoms with van der Waals surface area (Å²) in [5, 5.41) is 24.6. The van der Waals surface area contributed by atoms with Crippen molar-refractivity contribution in [1.29, 1.82) is 0 Å². The lowest BCUT2D eigenvalue weighted by molar-refractivity contribution is -0.149. The van der Waals surface area contributed by atoms with Crippen LogP contribution in [0.25, 0.3) is 0 Å². The molecule has 0 amide bonds. The van der Waals surface area contributed by atoms with Gasteiger partial charge in [-0.1, -0.05) is 18.2 Å². The highest BCUT2D eigenvalue weighted by molar-refractivity contribution is 7.52. The van der Waals surface area contributed by atoms with Gasteiger partial charge in [0.25, 0.3) is 0 Å². The minimum Gasteiger partial charge on any atom is -0.462 e. The molecule has 6 atom stereocenters. The monoisotopic (exact) mass is 572 g/mol. The Morgan fingerprint density at radius 1 is 1.31 bits per heavy atom. The number of nitrogen functional groups attached to an aromatic ring is 1. The molecule has 39 heavy (non-hydrogen) atoms. The second-order valence-electron chi connectivity index (χ2n) is 9.95. The third kappa shape index (κ3) is 6.83. The van der Waals surface area contributed by atoms with Crippen molar-refractivity contribution in [2.45, 2.75) is 76.4 Å². The van der Waals surface area contributed by atoms with Crippen molar-refractivity contribution in [3.8, 4) is 5.75 Å². The summed E-state index contributed by atoms with van der Waals surface area (Å²) in [6.45, 7) is 5.87. The summed E-state index contributed by atoms with van der Waals surface area (Å²) >= 11 is 0. The van der Waals surface area contributed by atoms with E-state index in [0.717, 1.165) is 10.8 Å². The number of nitrogens with two attached hydrogens (primary N) is 1. The molecule has 0 bridgehead atoms. The Labute approximate surface area is 224 Å². The van der Waals surface area contributed by atoms with Crippen LogP contribution >= 0.6 is 7.75 Å². The van der Waals surface area contributed by atoms with E-state index >= 15 is 0 Å². The van der Waals surface area contributed by atoms with Crippen LogP contribution in [0.15, 0.2) is 47.4 Å². The predicted octanol–water partition coefficient (Wildman–Crippen LogP) is 1.70. The Kier molecular flexibility index (Phi) is 9.20. The molecular weight excluding hydrogens is 538 g/mol. The van der Waals surface area contributed by atoms with E-state index in [-0.39, 0.29) is 11.6 Å². The first kappa shape index (κ1) is 30.7. The molecule has 1 unspecified atom stereocenters. The molecule has 0 aliphatic carbocycles. The van der Waals surface area contributed by atoms with Crippen LogP contribution in [0.4, 0.5) is 10.2 Å². The molecule has 1 fully saturated rings. The Morgan fingerprint density at radius 3 is 2.51 bits per heavy atom. The number of alkyl halides is 1. The Morgan fingerprint density at radius 2 is 1.95 bits per heavy atom. The second-order valence-corrected chi connectivity index (χ2v) is 11.6. The van der Waals surface area contributed by atoms with E-state index in [9.17, 15) is 28.8 Å². The van der Waals surface area contributed by atoms with Crippen molar-refractivity contribution in [3.63, 3.8) is 0 Å². The average Bonchev–Trinajstić information content (AvgIpc) is 3.10. The molecule has 1 aliphatic heterocycles. The summed E-state index contributed by atoms with van der Waals surface area (Å²) in [6, 6.07) is 8.01. The number of aliphatic hydroxyl groups excluding tert-OH is 1. The molecule has 0 saturated carbocycles. The summed E-state index contributed by atoms with van der Waals surface area (Å²) in [7, 11) is -4.47. The first-order valence-corrected chi connectivity index (χ1v) is 13.7. The van der Waals surface area contributed by atoms with Gasteiger partial charge in [0.05, 0.1) is 6.10 Å². The molecule has 1 aromatic carbocycles. The van der Waals surface area contributed by atoms with Gasteiger partial charge in [0.2, 0.25) is 0 Å². The largest absolute Gasteiger partial charge is 0.462 e. The number of rotatable bonds is 11. The van der Waals surface area contributed by atoms with Crippen LogP contribution in [0.2, 0.25) is 0 Å². The van der Waals surface area contributed by atoms with E-state index in [1.54, 1.807) is 32.0 Å². The number of aromatic nitrogens is 2. The molecule has 1 saturated heterocycles. The fourth-order valence-corrected chi connectivity index (χ4v) is 5.86. The third-order valence-corrected chi connectivity index (χ3v) is 7.75. The van der Waals surface area contributed by atoms with Gasteiger partial charge in [-0.05, 0) is 52.8 Å². The summed E-state index contributed by atoms with van der Waals surface area (Å²) in [6.07, 6.45) is -4.59. The number of carbonyl (C=O) groups excluding carboxylic acids is 1. The Balaban J connectivity index is 1.95. The first-order chi connectivity index (χ1) is 18.1. The van der Waals surface area contributed by atoms with Crippen LogP contribution in [0, 0.1) is 0 Å². The number of nitrogens with one attached hydrogen (secondary N) is 1. The molecule has 2 heterocycles. The summed E-state index contributed by atoms with van der Waals surface area (Å²) in [5.41, 5.74) is 0.163. The lowest BCUT2D eigenvalue weighted by Gasteiger charge is -2.36. The van der Waals surface area contributed by atoms with E-state index in [2.05, 4.69) is 10.1 Å². The summed E-state index contributed by atoms with van der Waals surface area (Å²) in [4.78, 5) is 28.4. The maximum Gasteiger partial charge on any atom is 0.460 e. The van der Waals surface area contributed by atoms with E-state index < -0.39 is 67.9 Å². The highest BCUT2D eigenvalue weighted by atomic mass is 31.2. The number of benzene rings is 1. The van der Waals surface area contributed by atoms with Gasteiger partial charge < -0.3 is 29.9 Å². The average molecular weight is 573 g/mol. The quantitative estimate of drug-likeness (QED) is 0.226. The van der Waals surface area contributed by atoms with Crippen LogP contribution < -0.4 is 21.0 Å². The maximum atomic E-state index is 14.2. The minimum absolute atomic E-state index is 0.117. The van der Waals surface area contributed by atoms with Crippen molar-refractivity contribution in [3.05, 3.63) is 53.1 Å². The van der Waals surface area contributed by atoms with Gasteiger partial charge in [-0.3, -0.25) is 13.9 Å². The van der Waals surface area contributed by atoms with Gasteiger partial charge in [-0.2, -0.15) is 10.1 Å². The van der Waals surface area contributed by atoms with Crippen molar-refractivity contribution >= 4 is 19.5 Å². The summed E-state index contributed by atoms with van der Waals surface area (Å²) in [5.74, 6) is -0.726. The number of hydrogen-bond acceptors (Lipinski definition) is 11. The van der Waals surface area contributed by atoms with E-state index in [0.29, 0.717) is 0 Å². The zero-order valence-electron chi connectivity index (χ0n) is 22.2. The molecule has 0 radical (unpaired) electrons. The molecule has 0 spiro atoms. The first-order valence-electron chi connectivity index (χ1n) is 12.1. The van der Waals surface area contributed by atoms with Gasteiger partial charge >= 0.3 is 19.4 Å². The van der Waals surface area contributed by atoms with E-state index in [1.807, 2.05) is 0 Å². The Bertz CT molecular complexity index is 1260. The van der Waals surface area contributed by atoms with Crippen molar-refractivity contribution < 1.29 is 42.5 Å². The minimum atomic E-state index is -4.47. The number of nitrogens with zero attached hydrogens (tertiary/aromatic N) is 2. The fourth-order valence-electron chi connectivity index (χ4n) is 4.02. The van der Waals surface area contributed by atoms with Crippen LogP contribution in [0.1, 0.15) is 40.8 Å². The SMILES string of the molecule is CC(C)OC(=O)[C@H](C)N[P@@](=O)(Oc1ccccc1)OC(C)(C)[C@H]1O[C@@H](n2ccc(N)nc2=O)[C@@](O)(CF)C1O. The number of anilines is 1. The van der Waals surface area contributed by atoms with Crippen LogP contribution in [-0.2, 0) is 23.4 Å². The number of ether oxygens (including phenoxy) is 2. The Hall–Kier alpha value is -2.87. The smallest absolute Gasteiger partial charge is 0.460 e. The number of aliphatic hydroxyl groups is 2. The molecule has 2 aromatic rings. The number of hydrogen-bond donors (Lipinski definition) is 4. The number of para-hydroxylation sites is 1. The highest BCUT2D eigenvalue weighted by Gasteiger charge is 2.62. The van der Waals surface area contributed by atoms with Crippen LogP contribution in [0.3, 0.4) is 0 Å². The molecule has 3 rings (SSSR count). The second kappa shape index (κ2) is 11.7. The molecular formula is C24H34FN4O9P. The number of halogens is 1. The molecule has 1 aliphatic rings. The maximum absolute atomic E-state index is 14.2. The normalized spacial score (nSPS) is 25.7. The molecule has 216 valence electrons. The summed E-state index contributed by atoms with van der Waals surface area (Å²) < 4.78 is 51.4. The standard InChI is InChI=1S/C24H34FN4O9P/c1-14(2)35-20(31)15(3)28-39(34,37-16-9-7-6-8-10-16)38-23(4,5)19-18(30)24(33,13-25)21(36-19)29-12-11-17(26)27-22(29)32/h6-12,14-15,18-19,21,30,33H,13H2,1-5H3,(H,28,34)(H2,26,27,32)/t15-,18?,19-,21+,24+,39+/m0/s1. The van der Waals surface area contributed by atoms with E-state index in [4.69, 9.17) is 24.3 Å². The fraction of sp³-hybridized carbons (Fsp3) is 0.542. The zero-order chi connectivity index (χ0) is 29.2. The van der Waals surface area contributed by atoms with Gasteiger partial charge in [0.15, 0.2) is 11.8 Å². The molecule has 5 N–H and O–H groups in total. The lowest BCUT2D eigenvalue weighted by atomic mass is 9.88. The molecule has 1 aromatic heterocycles. The lowest BCUT2D eigenvalue weighted by Crippen LogP contribution is -2.54. The van der Waals surface area contributed by atoms with E-state index in [1.165, 1.54) is 39.0 Å². The molecule has 13 nitrogen and oxygen atoms in total. The van der Waals surface area contributed by atoms with Gasteiger partial charge in [-0.15, -0.1) is 0 Å². The third-order valence-electron chi connectivity index (χ3n) is 5.89. The van der Waals surface area contributed by atoms with Crippen molar-refractivity contribution in [2.75, 3.05) is 12.4 Å². The number of esters is 1. The van der Waals surface area contributed by atoms with Gasteiger partial charge in [-0.25, -0.2) is 13.8 Å². The predicted molar refractivity (Wildman–Crippen MR) is 137 cm³/mol. The van der Waals surface area contributed by atoms with Crippen LogP contribution in [0.5, 0.6) is 5.75 Å². The zero-order valence-corrected chi connectivity index (χ0v) is 23.1. The van der Waals surface area contributed by atoms with Crippen molar-refractivity contribution in [1.82, 2.24) is 14.6 Å². The topological polar surface area (TPSA) is 184 Å². The molecule has 15 heteroatoms. The van der Waals surface area contributed by atoms with Crippen LogP contribution in [-0.4, -0.2) is 68.0 Å². The van der Waals surface area contributed by atoms with Gasteiger partial charge in [0.1, 0.15) is 42.1 Å². The number of carbonyl (C=O) groups is 1. The van der Waals surface area contributed by atoms with Gasteiger partial charge in [0, 0.05) is 6.20 Å². The highest BCUT2D eigenvalue weighted by Crippen LogP contribution is 2.52.